The molecule has 0 fully saturated rings. The summed E-state index contributed by atoms with van der Waals surface area (Å²) in [6.45, 7) is 0. The summed E-state index contributed by atoms with van der Waals surface area (Å²) in [4.78, 5) is 10.7. The Bertz CT molecular complexity index is 478. The van der Waals surface area contributed by atoms with Crippen molar-refractivity contribution < 1.29 is 9.18 Å². The second-order valence-corrected chi connectivity index (χ2v) is 4.62. The summed E-state index contributed by atoms with van der Waals surface area (Å²) in [6.07, 6.45) is 0.764. The van der Waals surface area contributed by atoms with Crippen molar-refractivity contribution in [3.05, 3.63) is 32.5 Å². The van der Waals surface area contributed by atoms with Gasteiger partial charge in [-0.1, -0.05) is 0 Å². The number of halogens is 2. The summed E-state index contributed by atoms with van der Waals surface area (Å²) in [5.74, 6) is -0.234. The Kier molecular flexibility index (Phi) is 2.33. The van der Waals surface area contributed by atoms with Crippen LogP contribution in [-0.4, -0.2) is 6.29 Å². The Morgan fingerprint density at radius 1 is 1.54 bits per heavy atom. The van der Waals surface area contributed by atoms with Crippen LogP contribution in [0.15, 0.2) is 17.5 Å². The summed E-state index contributed by atoms with van der Waals surface area (Å²) in [5.41, 5.74) is 0.566. The lowest BCUT2D eigenvalue weighted by Gasteiger charge is -1.98. The van der Waals surface area contributed by atoms with E-state index in [1.54, 1.807) is 17.5 Å². The fourth-order valence-electron chi connectivity index (χ4n) is 1.19. The van der Waals surface area contributed by atoms with Crippen LogP contribution in [0.4, 0.5) is 4.39 Å². The molecule has 0 bridgehead atoms. The van der Waals surface area contributed by atoms with Gasteiger partial charge in [-0.25, -0.2) is 4.39 Å². The molecule has 1 aromatic heterocycles. The van der Waals surface area contributed by atoms with Gasteiger partial charge in [0.25, 0.3) is 0 Å². The van der Waals surface area contributed by atoms with Crippen molar-refractivity contribution in [1.82, 2.24) is 0 Å². The third-order valence-electron chi connectivity index (χ3n) is 1.78. The summed E-state index contributed by atoms with van der Waals surface area (Å²) >= 11 is 3.28. The lowest BCUT2D eigenvalue weighted by Crippen LogP contribution is -1.87. The number of carbonyl (C=O) groups excluding carboxylic acids is 1. The van der Waals surface area contributed by atoms with Gasteiger partial charge in [0.15, 0.2) is 6.29 Å². The van der Waals surface area contributed by atoms with Crippen molar-refractivity contribution in [2.75, 3.05) is 0 Å². The first-order valence-electron chi connectivity index (χ1n) is 3.54. The number of fused-ring (bicyclic) bond motifs is 1. The van der Waals surface area contributed by atoms with Gasteiger partial charge < -0.3 is 0 Å². The molecule has 1 heterocycles. The maximum atomic E-state index is 13.4. The zero-order valence-corrected chi connectivity index (χ0v) is 9.36. The van der Waals surface area contributed by atoms with Gasteiger partial charge in [0.05, 0.1) is 3.57 Å². The third kappa shape index (κ3) is 1.38. The van der Waals surface area contributed by atoms with Crippen molar-refractivity contribution in [2.24, 2.45) is 0 Å². The molecule has 0 aliphatic heterocycles. The van der Waals surface area contributed by atoms with Gasteiger partial charge in [0, 0.05) is 15.6 Å². The van der Waals surface area contributed by atoms with Crippen LogP contribution in [0.25, 0.3) is 10.1 Å². The monoisotopic (exact) mass is 306 g/mol. The van der Waals surface area contributed by atoms with Gasteiger partial charge in [-0.2, -0.15) is 0 Å². The van der Waals surface area contributed by atoms with Crippen LogP contribution in [0, 0.1) is 9.39 Å². The number of rotatable bonds is 1. The summed E-state index contributed by atoms with van der Waals surface area (Å²) in [7, 11) is 0. The molecule has 0 radical (unpaired) electrons. The van der Waals surface area contributed by atoms with Gasteiger partial charge in [-0.05, 0) is 40.1 Å². The lowest BCUT2D eigenvalue weighted by atomic mass is 10.2. The highest BCUT2D eigenvalue weighted by atomic mass is 127. The maximum absolute atomic E-state index is 13.4. The van der Waals surface area contributed by atoms with E-state index < -0.39 is 0 Å². The molecule has 0 amide bonds. The molecular weight excluding hydrogens is 302 g/mol. The average molecular weight is 306 g/mol. The van der Waals surface area contributed by atoms with Crippen molar-refractivity contribution in [3.8, 4) is 0 Å². The van der Waals surface area contributed by atoms with E-state index in [4.69, 9.17) is 0 Å². The van der Waals surface area contributed by atoms with Gasteiger partial charge in [-0.15, -0.1) is 11.3 Å². The minimum atomic E-state index is -0.234. The number of carbonyl (C=O) groups is 1. The Morgan fingerprint density at radius 3 is 3.00 bits per heavy atom. The van der Waals surface area contributed by atoms with E-state index in [2.05, 4.69) is 0 Å². The van der Waals surface area contributed by atoms with Gasteiger partial charge >= 0.3 is 0 Å². The minimum absolute atomic E-state index is 0.234. The molecule has 2 aromatic rings. The van der Waals surface area contributed by atoms with Gasteiger partial charge in [0.2, 0.25) is 0 Å². The van der Waals surface area contributed by atoms with E-state index in [-0.39, 0.29) is 5.82 Å². The molecule has 1 nitrogen and oxygen atoms in total. The molecule has 0 spiro atoms. The number of hydrogen-bond donors (Lipinski definition) is 0. The Hall–Kier alpha value is -0.490. The molecule has 4 heteroatoms. The molecule has 2 rings (SSSR count). The first kappa shape index (κ1) is 9.08. The summed E-state index contributed by atoms with van der Waals surface area (Å²) in [5, 5.41) is 2.33. The average Bonchev–Trinajstić information content (AvgIpc) is 2.60. The van der Waals surface area contributed by atoms with Crippen molar-refractivity contribution in [2.45, 2.75) is 0 Å². The fourth-order valence-corrected chi connectivity index (χ4v) is 2.68. The molecule has 0 aliphatic carbocycles. The highest BCUT2D eigenvalue weighted by Crippen LogP contribution is 2.29. The molecular formula is C9H4FIOS. The topological polar surface area (TPSA) is 17.1 Å². The van der Waals surface area contributed by atoms with E-state index in [0.29, 0.717) is 14.5 Å². The van der Waals surface area contributed by atoms with Crippen LogP contribution < -0.4 is 0 Å². The smallest absolute Gasteiger partial charge is 0.151 e. The van der Waals surface area contributed by atoms with E-state index in [1.807, 2.05) is 22.6 Å². The van der Waals surface area contributed by atoms with Gasteiger partial charge in [-0.3, -0.25) is 4.79 Å². The van der Waals surface area contributed by atoms with Crippen molar-refractivity contribution in [3.63, 3.8) is 0 Å². The highest BCUT2D eigenvalue weighted by molar-refractivity contribution is 14.1. The first-order valence-corrected chi connectivity index (χ1v) is 5.50. The van der Waals surface area contributed by atoms with E-state index in [1.165, 1.54) is 11.3 Å². The molecule has 1 aromatic carbocycles. The second-order valence-electron chi connectivity index (χ2n) is 2.54. The highest BCUT2D eigenvalue weighted by Gasteiger charge is 2.10. The van der Waals surface area contributed by atoms with Crippen LogP contribution in [0.2, 0.25) is 0 Å². The fraction of sp³-hybridized carbons (Fsp3) is 0. The van der Waals surface area contributed by atoms with Crippen LogP contribution >= 0.6 is 33.9 Å². The number of thiophene rings is 1. The molecule has 0 saturated heterocycles. The van der Waals surface area contributed by atoms with E-state index >= 15 is 0 Å². The molecule has 0 saturated carbocycles. The zero-order valence-electron chi connectivity index (χ0n) is 6.38. The first-order chi connectivity index (χ1) is 6.24. The molecule has 66 valence electrons. The van der Waals surface area contributed by atoms with Crippen LogP contribution in [0.1, 0.15) is 10.4 Å². The van der Waals surface area contributed by atoms with Crippen molar-refractivity contribution >= 4 is 50.3 Å². The molecule has 13 heavy (non-hydrogen) atoms. The minimum Gasteiger partial charge on any atom is -0.298 e. The van der Waals surface area contributed by atoms with Crippen molar-refractivity contribution in [1.29, 1.82) is 0 Å². The van der Waals surface area contributed by atoms with Gasteiger partial charge in [0.1, 0.15) is 5.82 Å². The number of aldehydes is 1. The number of hydrogen-bond acceptors (Lipinski definition) is 2. The number of benzene rings is 1. The Balaban J connectivity index is 2.95. The Morgan fingerprint density at radius 2 is 2.31 bits per heavy atom. The van der Waals surface area contributed by atoms with E-state index in [9.17, 15) is 9.18 Å². The summed E-state index contributed by atoms with van der Waals surface area (Å²) in [6, 6.07) is 3.27. The molecule has 0 atom stereocenters. The van der Waals surface area contributed by atoms with E-state index in [0.717, 1.165) is 11.0 Å². The standard InChI is InChI=1S/C9H4FIOS/c10-8-6-1-2-13-9(6)5(4-12)3-7(8)11/h1-4H. The SMILES string of the molecule is O=Cc1cc(I)c(F)c2ccsc12. The van der Waals surface area contributed by atoms with Crippen LogP contribution in [0.5, 0.6) is 0 Å². The molecule has 0 N–H and O–H groups in total. The predicted octanol–water partition coefficient (Wildman–Crippen LogP) is 3.46. The molecule has 0 aliphatic rings. The Labute approximate surface area is 91.7 Å². The van der Waals surface area contributed by atoms with Crippen LogP contribution in [0.3, 0.4) is 0 Å². The maximum Gasteiger partial charge on any atom is 0.151 e. The second kappa shape index (κ2) is 3.34. The zero-order chi connectivity index (χ0) is 9.42. The summed E-state index contributed by atoms with van der Waals surface area (Å²) < 4.78 is 14.7. The quantitative estimate of drug-likeness (QED) is 0.582. The lowest BCUT2D eigenvalue weighted by molar-refractivity contribution is 0.112. The molecule has 0 unspecified atom stereocenters. The predicted molar refractivity (Wildman–Crippen MR) is 59.9 cm³/mol. The normalized spacial score (nSPS) is 10.6. The third-order valence-corrected chi connectivity index (χ3v) is 3.53. The largest absolute Gasteiger partial charge is 0.298 e. The van der Waals surface area contributed by atoms with Crippen LogP contribution in [-0.2, 0) is 0 Å².